The predicted octanol–water partition coefficient (Wildman–Crippen LogP) is 4.21. The van der Waals surface area contributed by atoms with Crippen molar-refractivity contribution in [3.05, 3.63) is 78.2 Å². The molecule has 0 aliphatic carbocycles. The number of pyridine rings is 1. The Bertz CT molecular complexity index is 776. The van der Waals surface area contributed by atoms with Gasteiger partial charge in [-0.25, -0.2) is 9.37 Å². The molecular formula is C18H16FN3O. The average molecular weight is 309 g/mol. The molecule has 0 amide bonds. The van der Waals surface area contributed by atoms with Crippen LogP contribution in [0.5, 0.6) is 11.5 Å². The summed E-state index contributed by atoms with van der Waals surface area (Å²) >= 11 is 0. The van der Waals surface area contributed by atoms with Gasteiger partial charge in [-0.15, -0.1) is 0 Å². The molecule has 0 atom stereocenters. The molecule has 1 heterocycles. The second kappa shape index (κ2) is 6.79. The second-order valence-electron chi connectivity index (χ2n) is 5.00. The molecular weight excluding hydrogens is 293 g/mol. The smallest absolute Gasteiger partial charge is 0.167 e. The lowest BCUT2D eigenvalue weighted by molar-refractivity contribution is 0.442. The Hall–Kier alpha value is -3.08. The first-order chi connectivity index (χ1) is 11.2. The summed E-state index contributed by atoms with van der Waals surface area (Å²) in [6.07, 6.45) is 1.74. The highest BCUT2D eigenvalue weighted by atomic mass is 19.1. The molecule has 2 aromatic carbocycles. The van der Waals surface area contributed by atoms with E-state index >= 15 is 0 Å². The molecule has 0 spiro atoms. The molecule has 0 saturated heterocycles. The van der Waals surface area contributed by atoms with Crippen molar-refractivity contribution in [3.63, 3.8) is 0 Å². The zero-order valence-corrected chi connectivity index (χ0v) is 12.4. The van der Waals surface area contributed by atoms with Crippen LogP contribution in [0.3, 0.4) is 0 Å². The van der Waals surface area contributed by atoms with Crippen LogP contribution in [0.25, 0.3) is 0 Å². The van der Waals surface area contributed by atoms with Gasteiger partial charge in [0.15, 0.2) is 11.6 Å². The number of benzene rings is 2. The molecule has 0 saturated carbocycles. The van der Waals surface area contributed by atoms with Crippen molar-refractivity contribution >= 4 is 11.5 Å². The summed E-state index contributed by atoms with van der Waals surface area (Å²) in [6.45, 7) is 0.646. The minimum Gasteiger partial charge on any atom is -0.454 e. The SMILES string of the molecule is Nc1ccc(Oc2ccc(CNc3ccccn3)cc2)c(F)c1. The first-order valence-corrected chi connectivity index (χ1v) is 7.17. The largest absolute Gasteiger partial charge is 0.454 e. The summed E-state index contributed by atoms with van der Waals surface area (Å²) in [7, 11) is 0. The quantitative estimate of drug-likeness (QED) is 0.693. The summed E-state index contributed by atoms with van der Waals surface area (Å²) in [5.41, 5.74) is 6.95. The normalized spacial score (nSPS) is 10.3. The Balaban J connectivity index is 1.63. The van der Waals surface area contributed by atoms with E-state index in [0.29, 0.717) is 18.0 Å². The molecule has 0 unspecified atom stereocenters. The molecule has 116 valence electrons. The lowest BCUT2D eigenvalue weighted by Gasteiger charge is -2.09. The van der Waals surface area contributed by atoms with Gasteiger partial charge in [0.05, 0.1) is 0 Å². The summed E-state index contributed by atoms with van der Waals surface area (Å²) in [5, 5.41) is 3.22. The lowest BCUT2D eigenvalue weighted by atomic mass is 10.2. The third kappa shape index (κ3) is 3.97. The van der Waals surface area contributed by atoms with Crippen molar-refractivity contribution in [2.45, 2.75) is 6.54 Å². The van der Waals surface area contributed by atoms with E-state index in [1.165, 1.54) is 12.1 Å². The van der Waals surface area contributed by atoms with E-state index in [2.05, 4.69) is 10.3 Å². The van der Waals surface area contributed by atoms with Gasteiger partial charge in [-0.05, 0) is 42.0 Å². The molecule has 3 N–H and O–H groups in total. The van der Waals surface area contributed by atoms with E-state index in [0.717, 1.165) is 11.4 Å². The summed E-state index contributed by atoms with van der Waals surface area (Å²) in [5.74, 6) is 1.05. The van der Waals surface area contributed by atoms with E-state index < -0.39 is 5.82 Å². The van der Waals surface area contributed by atoms with Gasteiger partial charge in [0, 0.05) is 24.5 Å². The van der Waals surface area contributed by atoms with Crippen LogP contribution >= 0.6 is 0 Å². The highest BCUT2D eigenvalue weighted by Crippen LogP contribution is 2.26. The summed E-state index contributed by atoms with van der Waals surface area (Å²) < 4.78 is 19.2. The van der Waals surface area contributed by atoms with Crippen molar-refractivity contribution in [1.29, 1.82) is 0 Å². The molecule has 0 fully saturated rings. The highest BCUT2D eigenvalue weighted by Gasteiger charge is 2.05. The van der Waals surface area contributed by atoms with Crippen LogP contribution in [-0.4, -0.2) is 4.98 Å². The number of nitrogens with one attached hydrogen (secondary N) is 1. The number of nitrogens with zero attached hydrogens (tertiary/aromatic N) is 1. The minimum atomic E-state index is -0.481. The van der Waals surface area contributed by atoms with E-state index in [-0.39, 0.29) is 5.75 Å². The fourth-order valence-electron chi connectivity index (χ4n) is 2.06. The second-order valence-corrected chi connectivity index (χ2v) is 5.00. The highest BCUT2D eigenvalue weighted by molar-refractivity contribution is 5.44. The van der Waals surface area contributed by atoms with Crippen molar-refractivity contribution < 1.29 is 9.13 Å². The molecule has 4 nitrogen and oxygen atoms in total. The Morgan fingerprint density at radius 1 is 1.04 bits per heavy atom. The van der Waals surface area contributed by atoms with Crippen LogP contribution in [0, 0.1) is 5.82 Å². The van der Waals surface area contributed by atoms with Crippen molar-refractivity contribution in [3.8, 4) is 11.5 Å². The zero-order chi connectivity index (χ0) is 16.1. The van der Waals surface area contributed by atoms with Crippen LogP contribution in [0.2, 0.25) is 0 Å². The monoisotopic (exact) mass is 309 g/mol. The number of nitrogen functional groups attached to an aromatic ring is 1. The van der Waals surface area contributed by atoms with Crippen LogP contribution in [0.1, 0.15) is 5.56 Å². The number of rotatable bonds is 5. The maximum absolute atomic E-state index is 13.7. The van der Waals surface area contributed by atoms with Gasteiger partial charge in [0.2, 0.25) is 0 Å². The van der Waals surface area contributed by atoms with Gasteiger partial charge in [0.1, 0.15) is 11.6 Å². The average Bonchev–Trinajstić information content (AvgIpc) is 2.58. The van der Waals surface area contributed by atoms with Crippen LogP contribution < -0.4 is 15.8 Å². The predicted molar refractivity (Wildman–Crippen MR) is 88.9 cm³/mol. The van der Waals surface area contributed by atoms with Gasteiger partial charge in [0.25, 0.3) is 0 Å². The number of hydrogen-bond acceptors (Lipinski definition) is 4. The van der Waals surface area contributed by atoms with E-state index in [1.807, 2.05) is 30.3 Å². The fraction of sp³-hybridized carbons (Fsp3) is 0.0556. The van der Waals surface area contributed by atoms with Gasteiger partial charge in [-0.2, -0.15) is 0 Å². The molecule has 3 aromatic rings. The summed E-state index contributed by atoms with van der Waals surface area (Å²) in [4.78, 5) is 4.20. The third-order valence-electron chi connectivity index (χ3n) is 3.25. The van der Waals surface area contributed by atoms with Crippen molar-refractivity contribution in [2.75, 3.05) is 11.1 Å². The van der Waals surface area contributed by atoms with E-state index in [9.17, 15) is 4.39 Å². The number of hydrogen-bond donors (Lipinski definition) is 2. The van der Waals surface area contributed by atoms with Crippen LogP contribution in [-0.2, 0) is 6.54 Å². The summed E-state index contributed by atoms with van der Waals surface area (Å²) in [6, 6.07) is 17.5. The standard InChI is InChI=1S/C18H16FN3O/c19-16-11-14(20)6-9-17(16)23-15-7-4-13(5-8-15)12-22-18-3-1-2-10-21-18/h1-11H,12,20H2,(H,21,22). The topological polar surface area (TPSA) is 60.2 Å². The first kappa shape index (κ1) is 14.8. The number of anilines is 2. The minimum absolute atomic E-state index is 0.151. The van der Waals surface area contributed by atoms with Gasteiger partial charge < -0.3 is 15.8 Å². The molecule has 5 heteroatoms. The number of halogens is 1. The van der Waals surface area contributed by atoms with E-state index in [4.69, 9.17) is 10.5 Å². The molecule has 0 bridgehead atoms. The van der Waals surface area contributed by atoms with Gasteiger partial charge >= 0.3 is 0 Å². The molecule has 1 aromatic heterocycles. The Labute approximate surface area is 133 Å². The van der Waals surface area contributed by atoms with Gasteiger partial charge in [-0.3, -0.25) is 0 Å². The Morgan fingerprint density at radius 3 is 2.57 bits per heavy atom. The molecule has 0 aliphatic heterocycles. The maximum atomic E-state index is 13.7. The van der Waals surface area contributed by atoms with Crippen LogP contribution in [0.4, 0.5) is 15.9 Å². The Kier molecular flexibility index (Phi) is 4.38. The maximum Gasteiger partial charge on any atom is 0.167 e. The zero-order valence-electron chi connectivity index (χ0n) is 12.4. The third-order valence-corrected chi connectivity index (χ3v) is 3.25. The molecule has 23 heavy (non-hydrogen) atoms. The van der Waals surface area contributed by atoms with Crippen molar-refractivity contribution in [2.24, 2.45) is 0 Å². The molecule has 0 radical (unpaired) electrons. The number of ether oxygens (including phenoxy) is 1. The first-order valence-electron chi connectivity index (χ1n) is 7.17. The number of aromatic nitrogens is 1. The lowest BCUT2D eigenvalue weighted by Crippen LogP contribution is -2.00. The number of nitrogens with two attached hydrogens (primary N) is 1. The molecule has 0 aliphatic rings. The Morgan fingerprint density at radius 2 is 1.87 bits per heavy atom. The van der Waals surface area contributed by atoms with Crippen molar-refractivity contribution in [1.82, 2.24) is 4.98 Å². The molecule has 3 rings (SSSR count). The van der Waals surface area contributed by atoms with Crippen LogP contribution in [0.15, 0.2) is 66.9 Å². The van der Waals surface area contributed by atoms with E-state index in [1.54, 1.807) is 24.4 Å². The fourth-order valence-corrected chi connectivity index (χ4v) is 2.06. The van der Waals surface area contributed by atoms with Gasteiger partial charge in [-0.1, -0.05) is 18.2 Å².